The Morgan fingerprint density at radius 1 is 1.17 bits per heavy atom. The molecule has 3 heterocycles. The molecular weight excluding hydrogens is 526 g/mol. The van der Waals surface area contributed by atoms with Gasteiger partial charge in [-0.05, 0) is 50.7 Å². The lowest BCUT2D eigenvalue weighted by Gasteiger charge is -2.34. The lowest BCUT2D eigenvalue weighted by Crippen LogP contribution is -2.54. The van der Waals surface area contributed by atoms with Gasteiger partial charge in [-0.15, -0.1) is 0 Å². The number of hydrogen-bond donors (Lipinski definition) is 3. The molecule has 3 saturated heterocycles. The van der Waals surface area contributed by atoms with E-state index in [-0.39, 0.29) is 29.2 Å². The summed E-state index contributed by atoms with van der Waals surface area (Å²) in [5.41, 5.74) is 1.60. The minimum atomic E-state index is -1.05. The molecule has 9 heteroatoms. The van der Waals surface area contributed by atoms with Crippen LogP contribution in [0.1, 0.15) is 56.6 Å². The highest BCUT2D eigenvalue weighted by atomic mass is 79.9. The molecule has 3 amide bonds. The molecule has 198 valence electrons. The number of nitrogens with one attached hydrogen (secondary N) is 2. The van der Waals surface area contributed by atoms with Crippen molar-refractivity contribution in [3.8, 4) is 0 Å². The van der Waals surface area contributed by atoms with Crippen LogP contribution in [0, 0.1) is 25.7 Å². The quantitative estimate of drug-likeness (QED) is 0.283. The van der Waals surface area contributed by atoms with Crippen molar-refractivity contribution < 1.29 is 24.2 Å². The first-order valence-corrected chi connectivity index (χ1v) is 14.1. The van der Waals surface area contributed by atoms with Gasteiger partial charge in [0.2, 0.25) is 17.7 Å². The Labute approximate surface area is 221 Å². The van der Waals surface area contributed by atoms with Crippen molar-refractivity contribution in [2.45, 2.75) is 81.9 Å². The molecule has 6 atom stereocenters. The number of alkyl halides is 1. The summed E-state index contributed by atoms with van der Waals surface area (Å²) < 4.78 is 6.52. The lowest BCUT2D eigenvalue weighted by atomic mass is 9.70. The standard InChI is InChI=1S/C27H38BrN3O5/c1-4-12-29-24(33)19-20-26(35)31(13-7-5-6-8-14-32)23(27(20)15-18(28)22(19)36-27)25(34)30-21-16(2)10-9-11-17(21)3/h9-11,18-20,22-23,32H,4-8,12-15H2,1-3H3,(H,29,33)(H,30,34)/t18?,19-,20+,22-,23?,27?/m1/s1. The monoisotopic (exact) mass is 563 g/mol. The highest BCUT2D eigenvalue weighted by molar-refractivity contribution is 9.09. The van der Waals surface area contributed by atoms with Gasteiger partial charge in [-0.3, -0.25) is 14.4 Å². The van der Waals surface area contributed by atoms with Gasteiger partial charge in [-0.2, -0.15) is 0 Å². The first-order chi connectivity index (χ1) is 17.3. The summed E-state index contributed by atoms with van der Waals surface area (Å²) in [7, 11) is 0. The Morgan fingerprint density at radius 3 is 2.53 bits per heavy atom. The summed E-state index contributed by atoms with van der Waals surface area (Å²) in [6.07, 6.45) is 3.98. The number of hydrogen-bond acceptors (Lipinski definition) is 5. The number of anilines is 1. The molecule has 0 aliphatic carbocycles. The molecule has 1 aromatic rings. The number of carbonyl (C=O) groups excluding carboxylic acids is 3. The molecule has 2 bridgehead atoms. The van der Waals surface area contributed by atoms with Gasteiger partial charge in [0.25, 0.3) is 0 Å². The lowest BCUT2D eigenvalue weighted by molar-refractivity contribution is -0.140. The van der Waals surface area contributed by atoms with Gasteiger partial charge >= 0.3 is 0 Å². The zero-order valence-electron chi connectivity index (χ0n) is 21.4. The van der Waals surface area contributed by atoms with E-state index in [1.807, 2.05) is 39.0 Å². The molecule has 0 radical (unpaired) electrons. The number of benzene rings is 1. The number of aliphatic hydroxyl groups excluding tert-OH is 1. The number of aryl methyl sites for hydroxylation is 2. The molecule has 3 N–H and O–H groups in total. The van der Waals surface area contributed by atoms with Gasteiger partial charge in [0.05, 0.1) is 17.9 Å². The molecule has 8 nitrogen and oxygen atoms in total. The maximum atomic E-state index is 14.0. The predicted molar refractivity (Wildman–Crippen MR) is 141 cm³/mol. The van der Waals surface area contributed by atoms with Crippen LogP contribution in [0.4, 0.5) is 5.69 Å². The number of aliphatic hydroxyl groups is 1. The number of amides is 3. The second-order valence-corrected chi connectivity index (χ2v) is 11.6. The molecular formula is C27H38BrN3O5. The maximum absolute atomic E-state index is 14.0. The number of carbonyl (C=O) groups is 3. The van der Waals surface area contributed by atoms with Crippen LogP contribution in [-0.4, -0.2) is 70.0 Å². The van der Waals surface area contributed by atoms with E-state index < -0.39 is 29.6 Å². The van der Waals surface area contributed by atoms with Crippen molar-refractivity contribution in [1.82, 2.24) is 10.2 Å². The molecule has 4 rings (SSSR count). The van der Waals surface area contributed by atoms with Crippen molar-refractivity contribution >= 4 is 39.3 Å². The largest absolute Gasteiger partial charge is 0.396 e. The molecule has 3 unspecified atom stereocenters. The van der Waals surface area contributed by atoms with Crippen LogP contribution >= 0.6 is 15.9 Å². The highest BCUT2D eigenvalue weighted by Gasteiger charge is 2.76. The van der Waals surface area contributed by atoms with Crippen LogP contribution in [0.15, 0.2) is 18.2 Å². The van der Waals surface area contributed by atoms with Crippen molar-refractivity contribution in [2.24, 2.45) is 11.8 Å². The Balaban J connectivity index is 1.66. The van der Waals surface area contributed by atoms with E-state index in [0.29, 0.717) is 25.9 Å². The Kier molecular flexibility index (Phi) is 8.42. The number of fused-ring (bicyclic) bond motifs is 1. The van der Waals surface area contributed by atoms with E-state index in [2.05, 4.69) is 26.6 Å². The van der Waals surface area contributed by atoms with Crippen molar-refractivity contribution in [2.75, 3.05) is 25.0 Å². The second kappa shape index (κ2) is 11.2. The van der Waals surface area contributed by atoms with Crippen LogP contribution in [0.2, 0.25) is 0 Å². The third-order valence-corrected chi connectivity index (χ3v) is 8.77. The van der Waals surface area contributed by atoms with E-state index in [1.165, 1.54) is 0 Å². The fourth-order valence-corrected chi connectivity index (χ4v) is 7.23. The number of nitrogens with zero attached hydrogens (tertiary/aromatic N) is 1. The zero-order chi connectivity index (χ0) is 26.0. The van der Waals surface area contributed by atoms with Gasteiger partial charge in [-0.25, -0.2) is 0 Å². The highest BCUT2D eigenvalue weighted by Crippen LogP contribution is 2.60. The third-order valence-electron chi connectivity index (χ3n) is 7.93. The molecule has 0 saturated carbocycles. The van der Waals surface area contributed by atoms with Gasteiger partial charge in [0.15, 0.2) is 0 Å². The molecule has 36 heavy (non-hydrogen) atoms. The van der Waals surface area contributed by atoms with Crippen molar-refractivity contribution in [3.05, 3.63) is 29.3 Å². The maximum Gasteiger partial charge on any atom is 0.250 e. The minimum Gasteiger partial charge on any atom is -0.396 e. The summed E-state index contributed by atoms with van der Waals surface area (Å²) in [5, 5.41) is 15.1. The Hall–Kier alpha value is -1.97. The minimum absolute atomic E-state index is 0.112. The summed E-state index contributed by atoms with van der Waals surface area (Å²) in [6.45, 7) is 6.97. The van der Waals surface area contributed by atoms with Gasteiger partial charge < -0.3 is 25.4 Å². The van der Waals surface area contributed by atoms with E-state index in [9.17, 15) is 14.4 Å². The summed E-state index contributed by atoms with van der Waals surface area (Å²) in [4.78, 5) is 42.6. The average Bonchev–Trinajstić information content (AvgIpc) is 3.43. The molecule has 3 aliphatic rings. The number of likely N-dealkylation sites (tertiary alicyclic amines) is 1. The van der Waals surface area contributed by atoms with E-state index >= 15 is 0 Å². The van der Waals surface area contributed by atoms with Crippen LogP contribution in [-0.2, 0) is 19.1 Å². The summed E-state index contributed by atoms with van der Waals surface area (Å²) >= 11 is 3.70. The van der Waals surface area contributed by atoms with Gasteiger partial charge in [-0.1, -0.05) is 53.9 Å². The smallest absolute Gasteiger partial charge is 0.250 e. The topological polar surface area (TPSA) is 108 Å². The Bertz CT molecular complexity index is 983. The normalized spacial score (nSPS) is 30.5. The number of halogens is 1. The van der Waals surface area contributed by atoms with Crippen LogP contribution in [0.5, 0.6) is 0 Å². The Morgan fingerprint density at radius 2 is 1.86 bits per heavy atom. The SMILES string of the molecule is CCCNC(=O)[C@H]1[C@@H]2OC3(CC2Br)C(C(=O)Nc2c(C)cccc2C)N(CCCCCCO)C(=O)[C@H]13. The number of para-hydroxylation sites is 1. The fraction of sp³-hybridized carbons (Fsp3) is 0.667. The first kappa shape index (κ1) is 27.1. The number of unbranched alkanes of at least 4 members (excludes halogenated alkanes) is 3. The van der Waals surface area contributed by atoms with Crippen LogP contribution in [0.25, 0.3) is 0 Å². The summed E-state index contributed by atoms with van der Waals surface area (Å²) in [6, 6.07) is 5.02. The first-order valence-electron chi connectivity index (χ1n) is 13.1. The fourth-order valence-electron chi connectivity index (χ4n) is 6.29. The van der Waals surface area contributed by atoms with Crippen LogP contribution < -0.4 is 10.6 Å². The molecule has 0 aromatic heterocycles. The predicted octanol–water partition coefficient (Wildman–Crippen LogP) is 3.07. The second-order valence-electron chi connectivity index (χ2n) is 10.4. The number of ether oxygens (including phenoxy) is 1. The van der Waals surface area contributed by atoms with E-state index in [1.54, 1.807) is 4.90 Å². The van der Waals surface area contributed by atoms with Crippen LogP contribution in [0.3, 0.4) is 0 Å². The third kappa shape index (κ3) is 4.70. The molecule has 1 aromatic carbocycles. The molecule has 1 spiro atoms. The zero-order valence-corrected chi connectivity index (χ0v) is 23.0. The number of rotatable bonds is 11. The summed E-state index contributed by atoms with van der Waals surface area (Å²) in [5.74, 6) is -1.92. The average molecular weight is 565 g/mol. The van der Waals surface area contributed by atoms with Crippen molar-refractivity contribution in [3.63, 3.8) is 0 Å². The van der Waals surface area contributed by atoms with Gasteiger partial charge in [0, 0.05) is 30.2 Å². The van der Waals surface area contributed by atoms with E-state index in [0.717, 1.165) is 42.5 Å². The molecule has 3 aliphatic heterocycles. The van der Waals surface area contributed by atoms with Gasteiger partial charge in [0.1, 0.15) is 11.6 Å². The molecule has 3 fully saturated rings. The van der Waals surface area contributed by atoms with E-state index in [4.69, 9.17) is 9.84 Å². The van der Waals surface area contributed by atoms with Crippen molar-refractivity contribution in [1.29, 1.82) is 0 Å².